The van der Waals surface area contributed by atoms with Gasteiger partial charge < -0.3 is 14.8 Å². The highest BCUT2D eigenvalue weighted by molar-refractivity contribution is 5.78. The summed E-state index contributed by atoms with van der Waals surface area (Å²) in [7, 11) is 0. The van der Waals surface area contributed by atoms with Gasteiger partial charge in [-0.3, -0.25) is 0 Å². The minimum absolute atomic E-state index is 0.0552. The van der Waals surface area contributed by atoms with E-state index in [-0.39, 0.29) is 41.3 Å². The molecular weight excluding hydrogens is 459 g/mol. The molecule has 0 saturated carbocycles. The lowest BCUT2D eigenvalue weighted by atomic mass is 9.96. The zero-order valence-corrected chi connectivity index (χ0v) is 17.4. The highest BCUT2D eigenvalue weighted by Crippen LogP contribution is 2.40. The third-order valence-electron chi connectivity index (χ3n) is 5.11. The van der Waals surface area contributed by atoms with Gasteiger partial charge >= 0.3 is 12.1 Å². The molecule has 0 spiro atoms. The van der Waals surface area contributed by atoms with E-state index in [1.807, 2.05) is 0 Å². The molecule has 0 fully saturated rings. The summed E-state index contributed by atoms with van der Waals surface area (Å²) in [5.74, 6) is -2.39. The first-order chi connectivity index (χ1) is 16.1. The number of halogens is 5. The number of aromatic nitrogens is 1. The fourth-order valence-electron chi connectivity index (χ4n) is 3.46. The molecule has 1 unspecified atom stereocenters. The molecule has 0 aliphatic carbocycles. The van der Waals surface area contributed by atoms with E-state index < -0.39 is 29.7 Å². The van der Waals surface area contributed by atoms with Crippen molar-refractivity contribution in [2.24, 2.45) is 0 Å². The number of nitrogens with one attached hydrogen (secondary N) is 1. The molecular formula is C24H17F5N2O3. The number of rotatable bonds is 7. The van der Waals surface area contributed by atoms with Gasteiger partial charge in [0.15, 0.2) is 5.58 Å². The second kappa shape index (κ2) is 9.22. The van der Waals surface area contributed by atoms with Crippen LogP contribution in [0.3, 0.4) is 0 Å². The van der Waals surface area contributed by atoms with Gasteiger partial charge in [0, 0.05) is 24.2 Å². The summed E-state index contributed by atoms with van der Waals surface area (Å²) in [5, 5.41) is 11.2. The molecule has 34 heavy (non-hydrogen) atoms. The molecule has 5 nitrogen and oxygen atoms in total. The molecule has 1 atom stereocenters. The van der Waals surface area contributed by atoms with E-state index in [9.17, 15) is 26.7 Å². The predicted octanol–water partition coefficient (Wildman–Crippen LogP) is 5.83. The second-order valence-electron chi connectivity index (χ2n) is 7.50. The Labute approximate surface area is 189 Å². The molecule has 0 radical (unpaired) electrons. The number of fused-ring (bicyclic) bond motifs is 1. The Morgan fingerprint density at radius 1 is 1.06 bits per heavy atom. The highest BCUT2D eigenvalue weighted by Gasteiger charge is 2.35. The van der Waals surface area contributed by atoms with Crippen LogP contribution in [0.15, 0.2) is 65.1 Å². The number of benzene rings is 3. The van der Waals surface area contributed by atoms with Crippen LogP contribution in [0.25, 0.3) is 33.7 Å². The van der Waals surface area contributed by atoms with Crippen LogP contribution in [0.2, 0.25) is 0 Å². The summed E-state index contributed by atoms with van der Waals surface area (Å²) < 4.78 is 74.4. The van der Waals surface area contributed by atoms with Crippen LogP contribution in [0.1, 0.15) is 11.1 Å². The van der Waals surface area contributed by atoms with Crippen molar-refractivity contribution in [2.75, 3.05) is 6.54 Å². The lowest BCUT2D eigenvalue weighted by molar-refractivity contribution is -0.142. The minimum Gasteiger partial charge on any atom is -0.479 e. The number of alkyl halides is 4. The Hall–Kier alpha value is -3.79. The number of hydrogen-bond acceptors (Lipinski definition) is 4. The SMILES string of the molecule is O=C(O)C(F)CNCc1ccc2nc(-c3ccc(-c4ccccc4F)c(C(F)(F)F)c3)oc2c1. The maximum Gasteiger partial charge on any atom is 0.417 e. The van der Waals surface area contributed by atoms with E-state index in [2.05, 4.69) is 10.3 Å². The van der Waals surface area contributed by atoms with Gasteiger partial charge in [0.05, 0.1) is 5.56 Å². The van der Waals surface area contributed by atoms with Crippen molar-refractivity contribution in [3.05, 3.63) is 77.6 Å². The van der Waals surface area contributed by atoms with E-state index in [1.54, 1.807) is 18.2 Å². The van der Waals surface area contributed by atoms with Crippen molar-refractivity contribution in [3.63, 3.8) is 0 Å². The fraction of sp³-hybridized carbons (Fsp3) is 0.167. The largest absolute Gasteiger partial charge is 0.479 e. The van der Waals surface area contributed by atoms with E-state index in [0.717, 1.165) is 12.1 Å². The Balaban J connectivity index is 1.65. The van der Waals surface area contributed by atoms with Gasteiger partial charge in [0.2, 0.25) is 12.1 Å². The molecule has 4 rings (SSSR count). The number of nitrogens with zero attached hydrogens (tertiary/aromatic N) is 1. The van der Waals surface area contributed by atoms with Gasteiger partial charge in [-0.25, -0.2) is 18.6 Å². The molecule has 0 amide bonds. The maximum atomic E-state index is 14.2. The van der Waals surface area contributed by atoms with Crippen LogP contribution in [0.4, 0.5) is 22.0 Å². The Morgan fingerprint density at radius 3 is 2.53 bits per heavy atom. The average molecular weight is 476 g/mol. The lowest BCUT2D eigenvalue weighted by Gasteiger charge is -2.14. The Morgan fingerprint density at radius 2 is 1.82 bits per heavy atom. The van der Waals surface area contributed by atoms with Gasteiger partial charge in [-0.2, -0.15) is 13.2 Å². The van der Waals surface area contributed by atoms with Crippen LogP contribution >= 0.6 is 0 Å². The molecule has 10 heteroatoms. The first-order valence-electron chi connectivity index (χ1n) is 10.1. The van der Waals surface area contributed by atoms with Crippen molar-refractivity contribution in [3.8, 4) is 22.6 Å². The summed E-state index contributed by atoms with van der Waals surface area (Å²) in [6.07, 6.45) is -6.79. The number of oxazole rings is 1. The monoisotopic (exact) mass is 476 g/mol. The van der Waals surface area contributed by atoms with E-state index in [1.165, 1.54) is 30.3 Å². The quantitative estimate of drug-likeness (QED) is 0.328. The number of carbonyl (C=O) groups is 1. The number of carboxylic acid groups (broad SMARTS) is 1. The van der Waals surface area contributed by atoms with Crippen LogP contribution in [-0.4, -0.2) is 28.8 Å². The summed E-state index contributed by atoms with van der Waals surface area (Å²) in [6, 6.07) is 13.4. The minimum atomic E-state index is -4.75. The van der Waals surface area contributed by atoms with Crippen LogP contribution in [0, 0.1) is 5.82 Å². The first-order valence-corrected chi connectivity index (χ1v) is 10.1. The molecule has 3 aromatic carbocycles. The van der Waals surface area contributed by atoms with Gasteiger partial charge in [0.25, 0.3) is 0 Å². The number of carboxylic acids is 1. The predicted molar refractivity (Wildman–Crippen MR) is 114 cm³/mol. The van der Waals surface area contributed by atoms with Gasteiger partial charge in [0.1, 0.15) is 11.3 Å². The zero-order valence-electron chi connectivity index (χ0n) is 17.4. The molecule has 0 aliphatic heterocycles. The lowest BCUT2D eigenvalue weighted by Crippen LogP contribution is -2.29. The highest BCUT2D eigenvalue weighted by atomic mass is 19.4. The van der Waals surface area contributed by atoms with Gasteiger partial charge in [-0.1, -0.05) is 30.3 Å². The van der Waals surface area contributed by atoms with Crippen LogP contribution < -0.4 is 5.32 Å². The van der Waals surface area contributed by atoms with Crippen molar-refractivity contribution in [1.82, 2.24) is 10.3 Å². The van der Waals surface area contributed by atoms with E-state index in [0.29, 0.717) is 11.1 Å². The third kappa shape index (κ3) is 4.91. The number of aliphatic carboxylic acids is 1. The summed E-state index contributed by atoms with van der Waals surface area (Å²) in [6.45, 7) is -0.237. The van der Waals surface area contributed by atoms with Crippen LogP contribution in [-0.2, 0) is 17.5 Å². The van der Waals surface area contributed by atoms with Crippen molar-refractivity contribution >= 4 is 17.1 Å². The zero-order chi connectivity index (χ0) is 24.5. The standard InChI is InChI=1S/C24H17F5N2O3/c25-18-4-2-1-3-16(18)15-7-6-14(10-17(15)24(27,28)29)22-31-20-8-5-13(9-21(20)34-22)11-30-12-19(26)23(32)33/h1-10,19,30H,11-12H2,(H,32,33). The van der Waals surface area contributed by atoms with Crippen molar-refractivity contribution in [1.29, 1.82) is 0 Å². The molecule has 0 bridgehead atoms. The molecule has 2 N–H and O–H groups in total. The molecule has 176 valence electrons. The maximum absolute atomic E-state index is 14.2. The second-order valence-corrected chi connectivity index (χ2v) is 7.50. The van der Waals surface area contributed by atoms with Crippen molar-refractivity contribution < 1.29 is 36.3 Å². The van der Waals surface area contributed by atoms with E-state index in [4.69, 9.17) is 9.52 Å². The summed E-state index contributed by atoms with van der Waals surface area (Å²) in [4.78, 5) is 14.8. The average Bonchev–Trinajstić information content (AvgIpc) is 3.22. The first kappa shape index (κ1) is 23.4. The third-order valence-corrected chi connectivity index (χ3v) is 5.11. The topological polar surface area (TPSA) is 75.4 Å². The van der Waals surface area contributed by atoms with Gasteiger partial charge in [-0.05, 0) is 41.5 Å². The Bertz CT molecular complexity index is 1350. The summed E-state index contributed by atoms with van der Waals surface area (Å²) >= 11 is 0. The fourth-order valence-corrected chi connectivity index (χ4v) is 3.46. The molecule has 4 aromatic rings. The molecule has 0 saturated heterocycles. The number of hydrogen-bond donors (Lipinski definition) is 2. The normalized spacial score (nSPS) is 12.7. The summed E-state index contributed by atoms with van der Waals surface area (Å²) in [5.41, 5.74) is -0.124. The van der Waals surface area contributed by atoms with E-state index >= 15 is 0 Å². The van der Waals surface area contributed by atoms with Crippen molar-refractivity contribution in [2.45, 2.75) is 18.9 Å². The molecule has 1 aromatic heterocycles. The molecule has 0 aliphatic rings. The Kier molecular flexibility index (Phi) is 6.34. The van der Waals surface area contributed by atoms with Crippen LogP contribution in [0.5, 0.6) is 0 Å². The molecule has 1 heterocycles. The smallest absolute Gasteiger partial charge is 0.417 e. The van der Waals surface area contributed by atoms with Gasteiger partial charge in [-0.15, -0.1) is 0 Å².